The topological polar surface area (TPSA) is 55.1 Å². The number of halogens is 2. The fourth-order valence-corrected chi connectivity index (χ4v) is 2.65. The molecule has 1 aromatic rings. The molecule has 3 rings (SSSR count). The predicted molar refractivity (Wildman–Crippen MR) is 49.4 cm³/mol. The first-order valence-corrected chi connectivity index (χ1v) is 5.17. The van der Waals surface area contributed by atoms with Gasteiger partial charge in [0.05, 0.1) is 0 Å². The van der Waals surface area contributed by atoms with Gasteiger partial charge in [0.25, 0.3) is 6.43 Å². The normalized spacial score (nSPS) is 25.7. The van der Waals surface area contributed by atoms with E-state index < -0.39 is 12.4 Å². The van der Waals surface area contributed by atoms with E-state index in [9.17, 15) is 13.6 Å². The summed E-state index contributed by atoms with van der Waals surface area (Å²) in [7, 11) is 0. The zero-order valence-corrected chi connectivity index (χ0v) is 8.36. The molecule has 4 nitrogen and oxygen atoms in total. The molecule has 16 heavy (non-hydrogen) atoms. The molecule has 0 saturated heterocycles. The molecule has 6 heteroatoms. The Bertz CT molecular complexity index is 470. The predicted octanol–water partition coefficient (Wildman–Crippen LogP) is 1.56. The second-order valence-corrected chi connectivity index (χ2v) is 4.40. The molecule has 1 aromatic heterocycles. The molecule has 1 saturated carbocycles. The van der Waals surface area contributed by atoms with Gasteiger partial charge in [0.1, 0.15) is 12.2 Å². The van der Waals surface area contributed by atoms with Crippen LogP contribution in [0.4, 0.5) is 8.78 Å². The number of carboxylic acid groups (broad SMARTS) is 1. The molecule has 2 aliphatic rings. The summed E-state index contributed by atoms with van der Waals surface area (Å²) >= 11 is 0. The van der Waals surface area contributed by atoms with Crippen LogP contribution in [0.15, 0.2) is 0 Å². The van der Waals surface area contributed by atoms with E-state index in [1.807, 2.05) is 0 Å². The van der Waals surface area contributed by atoms with E-state index in [0.29, 0.717) is 23.6 Å². The highest BCUT2D eigenvalue weighted by molar-refractivity contribution is 5.66. The molecule has 1 N–H and O–H groups in total. The van der Waals surface area contributed by atoms with E-state index in [-0.39, 0.29) is 18.2 Å². The maximum atomic E-state index is 12.7. The number of hydrogen-bond donors (Lipinski definition) is 1. The Kier molecular flexibility index (Phi) is 1.84. The quantitative estimate of drug-likeness (QED) is 0.854. The van der Waals surface area contributed by atoms with Crippen molar-refractivity contribution in [2.45, 2.75) is 31.7 Å². The standard InChI is InChI=1S/C10H10F2N2O2/c11-10(12)9-8-5-1-4(5)2-6(8)14(13-9)3-7(15)16/h4-5,10H,1-3H2,(H,15,16). The average molecular weight is 228 g/mol. The summed E-state index contributed by atoms with van der Waals surface area (Å²) in [6.45, 7) is -0.325. The summed E-state index contributed by atoms with van der Waals surface area (Å²) in [5.74, 6) is -0.390. The number of hydrogen-bond acceptors (Lipinski definition) is 2. The third-order valence-corrected chi connectivity index (χ3v) is 3.37. The molecule has 2 unspecified atom stereocenters. The third-order valence-electron chi connectivity index (χ3n) is 3.37. The van der Waals surface area contributed by atoms with Crippen LogP contribution in [0.3, 0.4) is 0 Å². The Labute approximate surface area is 89.9 Å². The van der Waals surface area contributed by atoms with Crippen molar-refractivity contribution in [3.05, 3.63) is 17.0 Å². The molecule has 86 valence electrons. The van der Waals surface area contributed by atoms with Crippen LogP contribution in [-0.2, 0) is 17.8 Å². The first-order valence-electron chi connectivity index (χ1n) is 5.17. The second kappa shape index (κ2) is 3.02. The van der Waals surface area contributed by atoms with E-state index in [1.54, 1.807) is 0 Å². The van der Waals surface area contributed by atoms with Gasteiger partial charge in [-0.25, -0.2) is 8.78 Å². The largest absolute Gasteiger partial charge is 0.480 e. The summed E-state index contributed by atoms with van der Waals surface area (Å²) in [5.41, 5.74) is 1.13. The van der Waals surface area contributed by atoms with Gasteiger partial charge in [-0.1, -0.05) is 0 Å². The Hall–Kier alpha value is -1.46. The number of alkyl halides is 2. The lowest BCUT2D eigenvalue weighted by atomic mass is 10.1. The van der Waals surface area contributed by atoms with E-state index >= 15 is 0 Å². The van der Waals surface area contributed by atoms with Crippen LogP contribution in [0.5, 0.6) is 0 Å². The molecule has 1 heterocycles. The number of rotatable bonds is 3. The lowest BCUT2D eigenvalue weighted by Gasteiger charge is -2.01. The van der Waals surface area contributed by atoms with Gasteiger partial charge in [0.15, 0.2) is 0 Å². The van der Waals surface area contributed by atoms with Gasteiger partial charge in [-0.15, -0.1) is 0 Å². The maximum Gasteiger partial charge on any atom is 0.325 e. The van der Waals surface area contributed by atoms with Crippen molar-refractivity contribution in [2.24, 2.45) is 5.92 Å². The van der Waals surface area contributed by atoms with Crippen molar-refractivity contribution in [3.8, 4) is 0 Å². The average Bonchev–Trinajstić information content (AvgIpc) is 2.70. The lowest BCUT2D eigenvalue weighted by Crippen LogP contribution is -2.13. The monoisotopic (exact) mass is 228 g/mol. The van der Waals surface area contributed by atoms with Gasteiger partial charge in [-0.05, 0) is 24.7 Å². The molecule has 0 spiro atoms. The molecular formula is C10H10F2N2O2. The summed E-state index contributed by atoms with van der Waals surface area (Å²) < 4.78 is 26.7. The van der Waals surface area contributed by atoms with Crippen LogP contribution in [-0.4, -0.2) is 20.9 Å². The highest BCUT2D eigenvalue weighted by Crippen LogP contribution is 2.58. The Morgan fingerprint density at radius 2 is 2.38 bits per heavy atom. The number of fused-ring (bicyclic) bond motifs is 3. The van der Waals surface area contributed by atoms with Crippen LogP contribution in [0.1, 0.15) is 35.7 Å². The minimum Gasteiger partial charge on any atom is -0.480 e. The van der Waals surface area contributed by atoms with E-state index in [0.717, 1.165) is 6.42 Å². The van der Waals surface area contributed by atoms with Crippen molar-refractivity contribution in [1.29, 1.82) is 0 Å². The molecule has 0 radical (unpaired) electrons. The third kappa shape index (κ3) is 1.25. The lowest BCUT2D eigenvalue weighted by molar-refractivity contribution is -0.137. The van der Waals surface area contributed by atoms with Gasteiger partial charge in [-0.2, -0.15) is 5.10 Å². The van der Waals surface area contributed by atoms with Crippen molar-refractivity contribution in [2.75, 3.05) is 0 Å². The number of aromatic nitrogens is 2. The number of nitrogens with zero attached hydrogens (tertiary/aromatic N) is 2. The van der Waals surface area contributed by atoms with Gasteiger partial charge in [-0.3, -0.25) is 9.48 Å². The minimum absolute atomic E-state index is 0.207. The SMILES string of the molecule is O=C(O)Cn1nc(C(F)F)c2c1CC1CC21. The molecule has 0 bridgehead atoms. The van der Waals surface area contributed by atoms with Gasteiger partial charge in [0.2, 0.25) is 0 Å². The zero-order valence-electron chi connectivity index (χ0n) is 8.36. The molecule has 0 aromatic carbocycles. The fourth-order valence-electron chi connectivity index (χ4n) is 2.65. The Morgan fingerprint density at radius 3 is 3.00 bits per heavy atom. The van der Waals surface area contributed by atoms with E-state index in [1.165, 1.54) is 4.68 Å². The van der Waals surface area contributed by atoms with E-state index in [2.05, 4.69) is 5.10 Å². The Morgan fingerprint density at radius 1 is 1.62 bits per heavy atom. The molecular weight excluding hydrogens is 218 g/mol. The fraction of sp³-hybridized carbons (Fsp3) is 0.600. The second-order valence-electron chi connectivity index (χ2n) is 4.40. The smallest absolute Gasteiger partial charge is 0.325 e. The number of aliphatic carboxylic acids is 1. The van der Waals surface area contributed by atoms with Gasteiger partial charge < -0.3 is 5.11 Å². The molecule has 2 aliphatic carbocycles. The van der Waals surface area contributed by atoms with E-state index in [4.69, 9.17) is 5.11 Å². The molecule has 0 aliphatic heterocycles. The van der Waals surface area contributed by atoms with Crippen LogP contribution in [0.2, 0.25) is 0 Å². The van der Waals surface area contributed by atoms with Gasteiger partial charge in [0, 0.05) is 11.3 Å². The summed E-state index contributed by atoms with van der Waals surface area (Å²) in [5, 5.41) is 12.4. The van der Waals surface area contributed by atoms with Crippen LogP contribution < -0.4 is 0 Å². The summed E-state index contributed by atoms with van der Waals surface area (Å²) in [6.07, 6.45) is -0.957. The first kappa shape index (κ1) is 9.74. The zero-order chi connectivity index (χ0) is 11.4. The number of carbonyl (C=O) groups is 1. The van der Waals surface area contributed by atoms with Crippen molar-refractivity contribution >= 4 is 5.97 Å². The van der Waals surface area contributed by atoms with Crippen molar-refractivity contribution in [3.63, 3.8) is 0 Å². The van der Waals surface area contributed by atoms with Crippen LogP contribution in [0, 0.1) is 5.92 Å². The van der Waals surface area contributed by atoms with Crippen molar-refractivity contribution < 1.29 is 18.7 Å². The van der Waals surface area contributed by atoms with Crippen molar-refractivity contribution in [1.82, 2.24) is 9.78 Å². The van der Waals surface area contributed by atoms with Crippen LogP contribution in [0.25, 0.3) is 0 Å². The molecule has 0 amide bonds. The minimum atomic E-state index is -2.61. The first-order chi connectivity index (χ1) is 7.58. The Balaban J connectivity index is 2.04. The van der Waals surface area contributed by atoms with Crippen LogP contribution >= 0.6 is 0 Å². The molecule has 2 atom stereocenters. The molecule has 1 fully saturated rings. The summed E-state index contributed by atoms with van der Waals surface area (Å²) in [6, 6.07) is 0. The highest BCUT2D eigenvalue weighted by atomic mass is 19.3. The summed E-state index contributed by atoms with van der Waals surface area (Å²) in [4.78, 5) is 10.6. The van der Waals surface area contributed by atoms with Gasteiger partial charge >= 0.3 is 5.97 Å². The number of carboxylic acids is 1. The highest BCUT2D eigenvalue weighted by Gasteiger charge is 2.50. The maximum absolute atomic E-state index is 12.7.